The first kappa shape index (κ1) is 35.8. The Morgan fingerprint density at radius 2 is 0.623 bits per heavy atom. The van der Waals surface area contributed by atoms with Gasteiger partial charge in [-0.05, 0) is 89.0 Å². The second kappa shape index (κ2) is 15.5. The third-order valence-corrected chi connectivity index (χ3v) is 11.4. The lowest BCUT2D eigenvalue weighted by atomic mass is 9.99. The highest BCUT2D eigenvalue weighted by Crippen LogP contribution is 2.41. The minimum absolute atomic E-state index is 0.915. The van der Waals surface area contributed by atoms with Crippen molar-refractivity contribution in [2.24, 2.45) is 0 Å². The van der Waals surface area contributed by atoms with E-state index in [0.29, 0.717) is 0 Å². The SMILES string of the molecule is c1ccc(-c2cccc(-c3ccc(N(c4ccc(-c5c(-c6ccccc6)nc6ccccn56)cc4)c4ccc(-c5c(-c6ccccc6)nc6ccccn56)cc4)cc3)c2)cc1. The molecule has 5 heteroatoms. The number of rotatable bonds is 9. The maximum absolute atomic E-state index is 5.09. The van der Waals surface area contributed by atoms with Crippen LogP contribution < -0.4 is 4.90 Å². The Kier molecular flexibility index (Phi) is 9.10. The van der Waals surface area contributed by atoms with Crippen molar-refractivity contribution >= 4 is 28.4 Å². The number of imidazole rings is 2. The van der Waals surface area contributed by atoms with Crippen molar-refractivity contribution in [1.82, 2.24) is 18.8 Å². The van der Waals surface area contributed by atoms with Gasteiger partial charge in [0.05, 0.1) is 22.8 Å². The van der Waals surface area contributed by atoms with Crippen molar-refractivity contribution in [2.75, 3.05) is 4.90 Å². The van der Waals surface area contributed by atoms with Crippen LogP contribution in [0.3, 0.4) is 0 Å². The Morgan fingerprint density at radius 1 is 0.279 bits per heavy atom. The molecule has 5 nitrogen and oxygen atoms in total. The van der Waals surface area contributed by atoms with E-state index in [-0.39, 0.29) is 0 Å². The Morgan fingerprint density at radius 3 is 1.05 bits per heavy atom. The molecule has 0 saturated carbocycles. The highest BCUT2D eigenvalue weighted by atomic mass is 15.1. The predicted octanol–water partition coefficient (Wildman–Crippen LogP) is 14.5. The molecule has 0 amide bonds. The molecule has 0 radical (unpaired) electrons. The Hall–Kier alpha value is -8.28. The lowest BCUT2D eigenvalue weighted by molar-refractivity contribution is 1.19. The largest absolute Gasteiger partial charge is 0.311 e. The van der Waals surface area contributed by atoms with Crippen LogP contribution in [0, 0.1) is 0 Å². The zero-order chi connectivity index (χ0) is 40.5. The van der Waals surface area contributed by atoms with Gasteiger partial charge in [0.2, 0.25) is 0 Å². The van der Waals surface area contributed by atoms with Gasteiger partial charge in [-0.25, -0.2) is 9.97 Å². The average molecular weight is 782 g/mol. The van der Waals surface area contributed by atoms with Crippen LogP contribution in [0.5, 0.6) is 0 Å². The molecule has 0 aliphatic carbocycles. The maximum Gasteiger partial charge on any atom is 0.137 e. The summed E-state index contributed by atoms with van der Waals surface area (Å²) in [5.74, 6) is 0. The van der Waals surface area contributed by atoms with Crippen molar-refractivity contribution in [3.8, 4) is 67.3 Å². The van der Waals surface area contributed by atoms with E-state index in [1.807, 2.05) is 24.3 Å². The van der Waals surface area contributed by atoms with E-state index in [9.17, 15) is 0 Å². The van der Waals surface area contributed by atoms with Gasteiger partial charge in [0.1, 0.15) is 11.3 Å². The highest BCUT2D eigenvalue weighted by molar-refractivity contribution is 5.87. The number of anilines is 3. The minimum atomic E-state index is 0.915. The summed E-state index contributed by atoms with van der Waals surface area (Å²) in [6.45, 7) is 0. The summed E-state index contributed by atoms with van der Waals surface area (Å²) in [7, 11) is 0. The van der Waals surface area contributed by atoms with Gasteiger partial charge in [0.25, 0.3) is 0 Å². The van der Waals surface area contributed by atoms with Crippen molar-refractivity contribution in [3.05, 3.63) is 237 Å². The zero-order valence-corrected chi connectivity index (χ0v) is 33.3. The molecule has 4 aromatic heterocycles. The van der Waals surface area contributed by atoms with Crippen LogP contribution in [0.25, 0.3) is 78.6 Å². The fourth-order valence-electron chi connectivity index (χ4n) is 8.43. The third-order valence-electron chi connectivity index (χ3n) is 11.4. The second-order valence-electron chi connectivity index (χ2n) is 15.1. The first-order chi connectivity index (χ1) is 30.2. The monoisotopic (exact) mass is 781 g/mol. The predicted molar refractivity (Wildman–Crippen MR) is 251 cm³/mol. The molecule has 0 atom stereocenters. The highest BCUT2D eigenvalue weighted by Gasteiger charge is 2.20. The van der Waals surface area contributed by atoms with Gasteiger partial charge in [-0.2, -0.15) is 0 Å². The average Bonchev–Trinajstić information content (AvgIpc) is 3.93. The van der Waals surface area contributed by atoms with Gasteiger partial charge in [-0.3, -0.25) is 8.80 Å². The molecule has 0 aliphatic rings. The molecule has 61 heavy (non-hydrogen) atoms. The van der Waals surface area contributed by atoms with E-state index in [2.05, 4.69) is 226 Å². The number of pyridine rings is 2. The quantitative estimate of drug-likeness (QED) is 0.146. The van der Waals surface area contributed by atoms with E-state index in [1.54, 1.807) is 0 Å². The van der Waals surface area contributed by atoms with Crippen molar-refractivity contribution in [3.63, 3.8) is 0 Å². The molecular formula is C56H39N5. The van der Waals surface area contributed by atoms with E-state index in [0.717, 1.165) is 78.9 Å². The first-order valence-corrected chi connectivity index (χ1v) is 20.6. The standard InChI is InChI=1S/C56H39N5/c1-4-15-40(16-5-1)46-21-14-22-47(39-46)41-25-31-48(32-26-41)61(49-33-27-44(28-34-49)55-53(42-17-6-2-7-18-42)57-51-23-10-12-37-59(51)55)50-35-29-45(30-36-50)56-54(43-19-8-3-9-20-43)58-52-24-11-13-38-60(52)56/h1-39H. The molecule has 11 aromatic rings. The molecule has 7 aromatic carbocycles. The van der Waals surface area contributed by atoms with E-state index >= 15 is 0 Å². The maximum atomic E-state index is 5.09. The van der Waals surface area contributed by atoms with Crippen LogP contribution in [0.2, 0.25) is 0 Å². The van der Waals surface area contributed by atoms with Gasteiger partial charge < -0.3 is 4.90 Å². The summed E-state index contributed by atoms with van der Waals surface area (Å²) in [6, 6.07) is 79.1. The van der Waals surface area contributed by atoms with Crippen LogP contribution in [0.4, 0.5) is 17.1 Å². The second-order valence-corrected chi connectivity index (χ2v) is 15.1. The number of nitrogens with zero attached hydrogens (tertiary/aromatic N) is 5. The lowest BCUT2D eigenvalue weighted by Crippen LogP contribution is -2.10. The van der Waals surface area contributed by atoms with Crippen LogP contribution >= 0.6 is 0 Å². The molecule has 0 N–H and O–H groups in total. The van der Waals surface area contributed by atoms with Gasteiger partial charge in [-0.1, -0.05) is 158 Å². The summed E-state index contributed by atoms with van der Waals surface area (Å²) >= 11 is 0. The van der Waals surface area contributed by atoms with E-state index in [1.165, 1.54) is 16.7 Å². The summed E-state index contributed by atoms with van der Waals surface area (Å²) in [6.07, 6.45) is 4.19. The number of benzene rings is 7. The lowest BCUT2D eigenvalue weighted by Gasteiger charge is -2.26. The van der Waals surface area contributed by atoms with Crippen LogP contribution in [0.15, 0.2) is 237 Å². The normalized spacial score (nSPS) is 11.3. The molecule has 0 saturated heterocycles. The minimum Gasteiger partial charge on any atom is -0.311 e. The topological polar surface area (TPSA) is 37.8 Å². The fourth-order valence-corrected chi connectivity index (χ4v) is 8.43. The number of hydrogen-bond donors (Lipinski definition) is 0. The van der Waals surface area contributed by atoms with E-state index in [4.69, 9.17) is 9.97 Å². The van der Waals surface area contributed by atoms with Gasteiger partial charge in [-0.15, -0.1) is 0 Å². The molecule has 11 rings (SSSR count). The number of fused-ring (bicyclic) bond motifs is 2. The van der Waals surface area contributed by atoms with Crippen LogP contribution in [-0.4, -0.2) is 18.8 Å². The van der Waals surface area contributed by atoms with Crippen LogP contribution in [-0.2, 0) is 0 Å². The Bertz CT molecular complexity index is 3100. The Balaban J connectivity index is 1.01. The molecule has 0 aliphatic heterocycles. The summed E-state index contributed by atoms with van der Waals surface area (Å²) in [5.41, 5.74) is 18.1. The molecule has 0 unspecified atom stereocenters. The molecular weight excluding hydrogens is 743 g/mol. The molecule has 0 bridgehead atoms. The third kappa shape index (κ3) is 6.74. The first-order valence-electron chi connectivity index (χ1n) is 20.6. The summed E-state index contributed by atoms with van der Waals surface area (Å²) < 4.78 is 4.37. The summed E-state index contributed by atoms with van der Waals surface area (Å²) in [4.78, 5) is 12.5. The molecule has 0 spiro atoms. The fraction of sp³-hybridized carbons (Fsp3) is 0. The molecule has 288 valence electrons. The number of hydrogen-bond acceptors (Lipinski definition) is 3. The van der Waals surface area contributed by atoms with Crippen LogP contribution in [0.1, 0.15) is 0 Å². The van der Waals surface area contributed by atoms with Crippen molar-refractivity contribution < 1.29 is 0 Å². The number of aromatic nitrogens is 4. The van der Waals surface area contributed by atoms with Crippen molar-refractivity contribution in [1.29, 1.82) is 0 Å². The smallest absolute Gasteiger partial charge is 0.137 e. The van der Waals surface area contributed by atoms with Gasteiger partial charge in [0.15, 0.2) is 0 Å². The Labute approximate surface area is 354 Å². The van der Waals surface area contributed by atoms with Crippen molar-refractivity contribution in [2.45, 2.75) is 0 Å². The zero-order valence-electron chi connectivity index (χ0n) is 33.3. The van der Waals surface area contributed by atoms with Gasteiger partial charge >= 0.3 is 0 Å². The van der Waals surface area contributed by atoms with Gasteiger partial charge in [0, 0.05) is 51.7 Å². The molecule has 0 fully saturated rings. The summed E-state index contributed by atoms with van der Waals surface area (Å²) in [5, 5.41) is 0. The molecule has 4 heterocycles. The van der Waals surface area contributed by atoms with E-state index < -0.39 is 0 Å².